The zero-order chi connectivity index (χ0) is 16.6. The van der Waals surface area contributed by atoms with Gasteiger partial charge in [-0.1, -0.05) is 0 Å². The number of rotatable bonds is 4. The molecule has 0 aliphatic heterocycles. The summed E-state index contributed by atoms with van der Waals surface area (Å²) >= 11 is 1.57. The van der Waals surface area contributed by atoms with Crippen molar-refractivity contribution in [1.29, 1.82) is 0 Å². The maximum Gasteiger partial charge on any atom is 0.255 e. The van der Waals surface area contributed by atoms with Crippen molar-refractivity contribution in [3.05, 3.63) is 61.0 Å². The van der Waals surface area contributed by atoms with E-state index in [-0.39, 0.29) is 10.6 Å². The monoisotopic (exact) mass is 331 g/mol. The van der Waals surface area contributed by atoms with Crippen LogP contribution in [0, 0.1) is 17.0 Å². The molecule has 0 N–H and O–H groups in total. The third kappa shape index (κ3) is 2.70. The Morgan fingerprint density at radius 3 is 2.39 bits per heavy atom. The molecule has 0 bridgehead atoms. The highest BCUT2D eigenvalue weighted by molar-refractivity contribution is 7.13. The van der Waals surface area contributed by atoms with Crippen LogP contribution in [0.3, 0.4) is 0 Å². The second-order valence-electron chi connectivity index (χ2n) is 5.35. The molecular formula is C17H17NO4S. The lowest BCUT2D eigenvalue weighted by molar-refractivity contribution is -0.427. The Kier molecular flexibility index (Phi) is 4.09. The Morgan fingerprint density at radius 2 is 1.83 bits per heavy atom. The molecule has 3 rings (SSSR count). The van der Waals surface area contributed by atoms with Gasteiger partial charge in [-0.3, -0.25) is 10.1 Å². The zero-order valence-corrected chi connectivity index (χ0v) is 14.0. The number of nitrogens with zero attached hydrogens (tertiary/aromatic N) is 1. The summed E-state index contributed by atoms with van der Waals surface area (Å²) in [6.07, 6.45) is 1.04. The Bertz CT molecular complexity index is 807. The van der Waals surface area contributed by atoms with Crippen LogP contribution < -0.4 is 9.47 Å². The molecule has 0 radical (unpaired) electrons. The van der Waals surface area contributed by atoms with Crippen LogP contribution in [0.4, 0.5) is 0 Å². The Balaban J connectivity index is 2.27. The Labute approximate surface area is 138 Å². The van der Waals surface area contributed by atoms with Crippen molar-refractivity contribution in [2.24, 2.45) is 0 Å². The van der Waals surface area contributed by atoms with Gasteiger partial charge in [-0.2, -0.15) is 0 Å². The summed E-state index contributed by atoms with van der Waals surface area (Å²) in [4.78, 5) is 13.3. The predicted octanol–water partition coefficient (Wildman–Crippen LogP) is 4.06. The molecule has 23 heavy (non-hydrogen) atoms. The summed E-state index contributed by atoms with van der Waals surface area (Å²) < 4.78 is 10.7. The fraction of sp³-hybridized carbons (Fsp3) is 0.294. The van der Waals surface area contributed by atoms with Crippen LogP contribution in [0.5, 0.6) is 11.5 Å². The van der Waals surface area contributed by atoms with Crippen molar-refractivity contribution < 1.29 is 14.4 Å². The van der Waals surface area contributed by atoms with E-state index in [4.69, 9.17) is 9.47 Å². The highest BCUT2D eigenvalue weighted by Gasteiger charge is 2.30. The van der Waals surface area contributed by atoms with Gasteiger partial charge in [0.25, 0.3) is 5.70 Å². The molecule has 120 valence electrons. The third-order valence-electron chi connectivity index (χ3n) is 4.01. The van der Waals surface area contributed by atoms with E-state index in [0.29, 0.717) is 29.9 Å². The average Bonchev–Trinajstić information content (AvgIpc) is 2.98. The first-order chi connectivity index (χ1) is 11.0. The third-order valence-corrected chi connectivity index (χ3v) is 5.02. The molecule has 2 aromatic rings. The number of benzene rings is 1. The van der Waals surface area contributed by atoms with Crippen LogP contribution in [0.2, 0.25) is 0 Å². The van der Waals surface area contributed by atoms with Gasteiger partial charge in [0.2, 0.25) is 0 Å². The second kappa shape index (κ2) is 6.04. The van der Waals surface area contributed by atoms with Crippen LogP contribution in [-0.4, -0.2) is 19.1 Å². The maximum absolute atomic E-state index is 11.5. The van der Waals surface area contributed by atoms with Gasteiger partial charge in [0.1, 0.15) is 0 Å². The summed E-state index contributed by atoms with van der Waals surface area (Å²) in [5.74, 6) is 1.24. The first-order valence-corrected chi connectivity index (χ1v) is 8.06. The Morgan fingerprint density at radius 1 is 1.13 bits per heavy atom. The molecule has 0 saturated carbocycles. The number of hydrogen-bond acceptors (Lipinski definition) is 5. The standard InChI is InChI=1S/C17H17NO4S/c1-10-4-7-16(23-10)17-12-9-15(22-3)14(21-2)8-11(12)5-6-13(17)18(19)20/h4,7-9H,5-6H2,1-3H3. The van der Waals surface area contributed by atoms with E-state index >= 15 is 0 Å². The molecule has 0 amide bonds. The number of thiophene rings is 1. The van der Waals surface area contributed by atoms with Gasteiger partial charge in [0, 0.05) is 16.2 Å². The van der Waals surface area contributed by atoms with Gasteiger partial charge < -0.3 is 9.47 Å². The van der Waals surface area contributed by atoms with Gasteiger partial charge in [0.05, 0.1) is 24.7 Å². The van der Waals surface area contributed by atoms with Gasteiger partial charge in [-0.05, 0) is 48.7 Å². The summed E-state index contributed by atoms with van der Waals surface area (Å²) in [6, 6.07) is 7.71. The number of fused-ring (bicyclic) bond motifs is 1. The van der Waals surface area contributed by atoms with Crippen LogP contribution in [0.15, 0.2) is 30.0 Å². The lowest BCUT2D eigenvalue weighted by Crippen LogP contribution is -2.12. The number of aryl methyl sites for hydroxylation is 2. The quantitative estimate of drug-likeness (QED) is 0.626. The molecule has 1 aliphatic carbocycles. The van der Waals surface area contributed by atoms with E-state index in [2.05, 4.69) is 0 Å². The van der Waals surface area contributed by atoms with Gasteiger partial charge in [0.15, 0.2) is 11.5 Å². The largest absolute Gasteiger partial charge is 0.493 e. The lowest BCUT2D eigenvalue weighted by atomic mass is 9.87. The van der Waals surface area contributed by atoms with Crippen molar-refractivity contribution in [3.8, 4) is 11.5 Å². The molecule has 0 spiro atoms. The van der Waals surface area contributed by atoms with Crippen molar-refractivity contribution in [2.45, 2.75) is 19.8 Å². The first kappa shape index (κ1) is 15.6. The molecule has 0 saturated heterocycles. The SMILES string of the molecule is COc1cc2c(cc1OC)C(c1ccc(C)s1)=C([N+](=O)[O-])CC2. The molecular weight excluding hydrogens is 314 g/mol. The van der Waals surface area contributed by atoms with E-state index in [9.17, 15) is 10.1 Å². The van der Waals surface area contributed by atoms with Gasteiger partial charge >= 0.3 is 0 Å². The number of hydrogen-bond donors (Lipinski definition) is 0. The number of methoxy groups -OCH3 is 2. The summed E-state index contributed by atoms with van der Waals surface area (Å²) in [7, 11) is 3.16. The van der Waals surface area contributed by atoms with Crippen molar-refractivity contribution in [3.63, 3.8) is 0 Å². The smallest absolute Gasteiger partial charge is 0.255 e. The molecule has 6 heteroatoms. The topological polar surface area (TPSA) is 61.6 Å². The molecule has 1 heterocycles. The molecule has 5 nitrogen and oxygen atoms in total. The summed E-state index contributed by atoms with van der Waals surface area (Å²) in [5.41, 5.74) is 2.89. The number of allylic oxidation sites excluding steroid dienone is 1. The Hall–Kier alpha value is -2.34. The first-order valence-electron chi connectivity index (χ1n) is 7.24. The average molecular weight is 331 g/mol. The van der Waals surface area contributed by atoms with Crippen molar-refractivity contribution >= 4 is 16.9 Å². The van der Waals surface area contributed by atoms with E-state index in [1.54, 1.807) is 25.6 Å². The maximum atomic E-state index is 11.5. The normalized spacial score (nSPS) is 13.7. The molecule has 1 aromatic heterocycles. The molecule has 0 atom stereocenters. The number of ether oxygens (including phenoxy) is 2. The van der Waals surface area contributed by atoms with E-state index in [1.807, 2.05) is 31.2 Å². The minimum absolute atomic E-state index is 0.260. The van der Waals surface area contributed by atoms with E-state index < -0.39 is 0 Å². The molecule has 1 aliphatic rings. The lowest BCUT2D eigenvalue weighted by Gasteiger charge is -2.20. The number of nitro groups is 1. The summed E-state index contributed by atoms with van der Waals surface area (Å²) in [6.45, 7) is 2.00. The van der Waals surface area contributed by atoms with E-state index in [1.165, 1.54) is 0 Å². The van der Waals surface area contributed by atoms with Crippen molar-refractivity contribution in [1.82, 2.24) is 0 Å². The highest BCUT2D eigenvalue weighted by atomic mass is 32.1. The second-order valence-corrected chi connectivity index (χ2v) is 6.64. The summed E-state index contributed by atoms with van der Waals surface area (Å²) in [5, 5.41) is 11.5. The fourth-order valence-corrected chi connectivity index (χ4v) is 3.87. The molecule has 1 aromatic carbocycles. The highest BCUT2D eigenvalue weighted by Crippen LogP contribution is 2.43. The van der Waals surface area contributed by atoms with Crippen LogP contribution >= 0.6 is 11.3 Å². The fourth-order valence-electron chi connectivity index (χ4n) is 2.92. The van der Waals surface area contributed by atoms with Crippen LogP contribution in [0.25, 0.3) is 5.57 Å². The van der Waals surface area contributed by atoms with Crippen molar-refractivity contribution in [2.75, 3.05) is 14.2 Å². The minimum atomic E-state index is -0.260. The predicted molar refractivity (Wildman–Crippen MR) is 89.9 cm³/mol. The molecule has 0 unspecified atom stereocenters. The van der Waals surface area contributed by atoms with Crippen LogP contribution in [-0.2, 0) is 6.42 Å². The van der Waals surface area contributed by atoms with Gasteiger partial charge in [-0.15, -0.1) is 11.3 Å². The van der Waals surface area contributed by atoms with Crippen LogP contribution in [0.1, 0.15) is 27.3 Å². The molecule has 0 fully saturated rings. The minimum Gasteiger partial charge on any atom is -0.493 e. The van der Waals surface area contributed by atoms with Gasteiger partial charge in [-0.25, -0.2) is 0 Å². The zero-order valence-electron chi connectivity index (χ0n) is 13.2. The van der Waals surface area contributed by atoms with E-state index in [0.717, 1.165) is 20.9 Å².